The molecule has 1 amide bonds. The highest BCUT2D eigenvalue weighted by Gasteiger charge is 2.26. The van der Waals surface area contributed by atoms with Gasteiger partial charge in [-0.25, -0.2) is 0 Å². The van der Waals surface area contributed by atoms with Gasteiger partial charge in [0.15, 0.2) is 6.10 Å². The van der Waals surface area contributed by atoms with E-state index in [0.717, 1.165) is 19.4 Å². The normalized spacial score (nSPS) is 19.9. The number of amides is 1. The number of nitrogens with two attached hydrogens (primary N) is 1. The van der Waals surface area contributed by atoms with Gasteiger partial charge in [-0.2, -0.15) is 0 Å². The third-order valence-electron chi connectivity index (χ3n) is 3.23. The van der Waals surface area contributed by atoms with Crippen LogP contribution in [0.15, 0.2) is 24.3 Å². The molecule has 0 radical (unpaired) electrons. The Labute approximate surface area is 130 Å². The van der Waals surface area contributed by atoms with Crippen LogP contribution in [0.2, 0.25) is 5.02 Å². The highest BCUT2D eigenvalue weighted by Crippen LogP contribution is 2.19. The van der Waals surface area contributed by atoms with E-state index in [-0.39, 0.29) is 24.4 Å². The van der Waals surface area contributed by atoms with Gasteiger partial charge in [-0.1, -0.05) is 17.7 Å². The molecule has 1 aliphatic rings. The molecule has 0 bridgehead atoms. The lowest BCUT2D eigenvalue weighted by atomic mass is 10.1. The number of piperidine rings is 1. The van der Waals surface area contributed by atoms with Crippen LogP contribution in [0, 0.1) is 0 Å². The van der Waals surface area contributed by atoms with Crippen LogP contribution in [0.3, 0.4) is 0 Å². The van der Waals surface area contributed by atoms with Crippen molar-refractivity contribution in [3.63, 3.8) is 0 Å². The van der Waals surface area contributed by atoms with Gasteiger partial charge in [0.25, 0.3) is 5.91 Å². The van der Waals surface area contributed by atoms with E-state index >= 15 is 0 Å². The Hall–Kier alpha value is -0.970. The summed E-state index contributed by atoms with van der Waals surface area (Å²) in [6, 6.07) is 7.14. The van der Waals surface area contributed by atoms with Crippen molar-refractivity contribution in [3.05, 3.63) is 29.3 Å². The van der Waals surface area contributed by atoms with Crippen LogP contribution in [-0.2, 0) is 4.79 Å². The quantitative estimate of drug-likeness (QED) is 0.931. The number of halogens is 2. The molecule has 1 aromatic carbocycles. The second-order valence-corrected chi connectivity index (χ2v) is 5.34. The van der Waals surface area contributed by atoms with Crippen LogP contribution in [-0.4, -0.2) is 36.0 Å². The van der Waals surface area contributed by atoms with Gasteiger partial charge in [0, 0.05) is 24.2 Å². The number of carbonyl (C=O) groups excluding carboxylic acids is 1. The minimum absolute atomic E-state index is 0. The highest BCUT2D eigenvalue weighted by atomic mass is 35.5. The number of nitrogens with zero attached hydrogens (tertiary/aromatic N) is 1. The second-order valence-electron chi connectivity index (χ2n) is 4.90. The van der Waals surface area contributed by atoms with Crippen LogP contribution >= 0.6 is 24.0 Å². The summed E-state index contributed by atoms with van der Waals surface area (Å²) in [6.45, 7) is 3.13. The van der Waals surface area contributed by atoms with E-state index in [4.69, 9.17) is 22.1 Å². The first-order valence-electron chi connectivity index (χ1n) is 6.53. The molecule has 1 heterocycles. The zero-order chi connectivity index (χ0) is 13.8. The Balaban J connectivity index is 0.00000200. The third-order valence-corrected chi connectivity index (χ3v) is 3.46. The Bertz CT molecular complexity index is 457. The number of benzene rings is 1. The van der Waals surface area contributed by atoms with Crippen LogP contribution < -0.4 is 10.5 Å². The van der Waals surface area contributed by atoms with E-state index in [1.54, 1.807) is 36.1 Å². The van der Waals surface area contributed by atoms with Gasteiger partial charge in [0.05, 0.1) is 0 Å². The van der Waals surface area contributed by atoms with Gasteiger partial charge in [0.1, 0.15) is 5.75 Å². The van der Waals surface area contributed by atoms with Crippen molar-refractivity contribution in [2.75, 3.05) is 13.1 Å². The van der Waals surface area contributed by atoms with Crippen molar-refractivity contribution in [3.8, 4) is 5.75 Å². The van der Waals surface area contributed by atoms with Gasteiger partial charge >= 0.3 is 0 Å². The molecule has 1 aromatic rings. The van der Waals surface area contributed by atoms with E-state index in [2.05, 4.69) is 0 Å². The molecule has 4 nitrogen and oxygen atoms in total. The van der Waals surface area contributed by atoms with Gasteiger partial charge in [0.2, 0.25) is 0 Å². The van der Waals surface area contributed by atoms with Crippen molar-refractivity contribution in [2.45, 2.75) is 31.9 Å². The summed E-state index contributed by atoms with van der Waals surface area (Å²) < 4.78 is 5.63. The first-order valence-corrected chi connectivity index (χ1v) is 6.90. The first-order chi connectivity index (χ1) is 9.06. The van der Waals surface area contributed by atoms with Crippen molar-refractivity contribution < 1.29 is 9.53 Å². The molecule has 6 heteroatoms. The maximum Gasteiger partial charge on any atom is 0.263 e. The molecule has 0 aromatic heterocycles. The summed E-state index contributed by atoms with van der Waals surface area (Å²) >= 11 is 5.88. The standard InChI is InChI=1S/C14H19ClN2O2.ClH/c1-10(19-13-6-2-4-11(15)8-13)14(18)17-7-3-5-12(16)9-17;/h2,4,6,8,10,12H,3,5,7,9,16H2,1H3;1H/t10?,12-;/m1./s1. The largest absolute Gasteiger partial charge is 0.481 e. The van der Waals surface area contributed by atoms with Crippen molar-refractivity contribution in [1.29, 1.82) is 0 Å². The monoisotopic (exact) mass is 318 g/mol. The maximum atomic E-state index is 12.2. The average Bonchev–Trinajstić information content (AvgIpc) is 2.38. The van der Waals surface area contributed by atoms with Crippen molar-refractivity contribution >= 4 is 29.9 Å². The number of carbonyl (C=O) groups is 1. The van der Waals surface area contributed by atoms with E-state index in [0.29, 0.717) is 17.3 Å². The van der Waals surface area contributed by atoms with E-state index < -0.39 is 6.10 Å². The molecule has 0 saturated carbocycles. The SMILES string of the molecule is CC(Oc1cccc(Cl)c1)C(=O)N1CCC[C@@H](N)C1.Cl. The molecule has 20 heavy (non-hydrogen) atoms. The molecule has 0 aliphatic carbocycles. The van der Waals surface area contributed by atoms with Gasteiger partial charge in [-0.3, -0.25) is 4.79 Å². The number of ether oxygens (including phenoxy) is 1. The molecule has 1 fully saturated rings. The van der Waals surface area contributed by atoms with Gasteiger partial charge < -0.3 is 15.4 Å². The van der Waals surface area contributed by atoms with E-state index in [1.807, 2.05) is 0 Å². The van der Waals surface area contributed by atoms with Crippen molar-refractivity contribution in [1.82, 2.24) is 4.90 Å². The minimum atomic E-state index is -0.524. The van der Waals surface area contributed by atoms with E-state index in [1.165, 1.54) is 0 Å². The molecular weight excluding hydrogens is 299 g/mol. The summed E-state index contributed by atoms with van der Waals surface area (Å²) in [7, 11) is 0. The minimum Gasteiger partial charge on any atom is -0.481 e. The number of hydrogen-bond acceptors (Lipinski definition) is 3. The van der Waals surface area contributed by atoms with Gasteiger partial charge in [-0.05, 0) is 38.0 Å². The summed E-state index contributed by atoms with van der Waals surface area (Å²) in [5.74, 6) is 0.588. The molecule has 2 N–H and O–H groups in total. The van der Waals surface area contributed by atoms with Crippen LogP contribution in [0.4, 0.5) is 0 Å². The average molecular weight is 319 g/mol. The molecule has 112 valence electrons. The predicted molar refractivity (Wildman–Crippen MR) is 82.6 cm³/mol. The lowest BCUT2D eigenvalue weighted by Crippen LogP contribution is -2.49. The topological polar surface area (TPSA) is 55.6 Å². The first kappa shape index (κ1) is 17.1. The zero-order valence-corrected chi connectivity index (χ0v) is 13.0. The fourth-order valence-electron chi connectivity index (χ4n) is 2.26. The smallest absolute Gasteiger partial charge is 0.263 e. The lowest BCUT2D eigenvalue weighted by Gasteiger charge is -2.32. The molecule has 1 aliphatic heterocycles. The fourth-order valence-corrected chi connectivity index (χ4v) is 2.44. The summed E-state index contributed by atoms with van der Waals surface area (Å²) in [5.41, 5.74) is 5.88. The molecule has 1 unspecified atom stereocenters. The summed E-state index contributed by atoms with van der Waals surface area (Å²) in [5, 5.41) is 0.595. The number of hydrogen-bond donors (Lipinski definition) is 1. The van der Waals surface area contributed by atoms with Gasteiger partial charge in [-0.15, -0.1) is 12.4 Å². The summed E-state index contributed by atoms with van der Waals surface area (Å²) in [6.07, 6.45) is 1.41. The Morgan fingerprint density at radius 3 is 2.95 bits per heavy atom. The number of rotatable bonds is 3. The molecule has 1 saturated heterocycles. The highest BCUT2D eigenvalue weighted by molar-refractivity contribution is 6.30. The van der Waals surface area contributed by atoms with Crippen LogP contribution in [0.5, 0.6) is 5.75 Å². The fraction of sp³-hybridized carbons (Fsp3) is 0.500. The second kappa shape index (κ2) is 7.72. The van der Waals surface area contributed by atoms with Crippen molar-refractivity contribution in [2.24, 2.45) is 5.73 Å². The van der Waals surface area contributed by atoms with Crippen LogP contribution in [0.25, 0.3) is 0 Å². The Kier molecular flexibility index (Phi) is 6.59. The number of likely N-dealkylation sites (tertiary alicyclic amines) is 1. The third kappa shape index (κ3) is 4.54. The maximum absolute atomic E-state index is 12.2. The van der Waals surface area contributed by atoms with Crippen LogP contribution in [0.1, 0.15) is 19.8 Å². The predicted octanol–water partition coefficient (Wildman–Crippen LogP) is 2.48. The molecule has 0 spiro atoms. The Morgan fingerprint density at radius 2 is 2.30 bits per heavy atom. The molecule has 2 atom stereocenters. The van der Waals surface area contributed by atoms with E-state index in [9.17, 15) is 4.79 Å². The zero-order valence-electron chi connectivity index (χ0n) is 11.4. The molecular formula is C14H20Cl2N2O2. The summed E-state index contributed by atoms with van der Waals surface area (Å²) in [4.78, 5) is 14.0. The Morgan fingerprint density at radius 1 is 1.55 bits per heavy atom. The molecule has 2 rings (SSSR count). The lowest BCUT2D eigenvalue weighted by molar-refractivity contribution is -0.139.